The Morgan fingerprint density at radius 3 is 1.69 bits per heavy atom. The molecule has 11 heteroatoms. The lowest BCUT2D eigenvalue weighted by Crippen LogP contribution is -2.43. The number of benzene rings is 2. The highest BCUT2D eigenvalue weighted by molar-refractivity contribution is 6.09. The van der Waals surface area contributed by atoms with Crippen LogP contribution in [0.2, 0.25) is 0 Å². The van der Waals surface area contributed by atoms with Crippen LogP contribution in [0.15, 0.2) is 54.6 Å². The summed E-state index contributed by atoms with van der Waals surface area (Å²) in [6, 6.07) is 12.4. The number of carbonyl (C=O) groups is 6. The number of aliphatic carboxylic acids is 2. The highest BCUT2D eigenvalue weighted by Crippen LogP contribution is 2.19. The second-order valence-corrected chi connectivity index (χ2v) is 6.43. The van der Waals surface area contributed by atoms with E-state index in [2.05, 4.69) is 4.74 Å². The summed E-state index contributed by atoms with van der Waals surface area (Å²) in [7, 11) is 0. The quantitative estimate of drug-likeness (QED) is 0.391. The molecule has 2 rings (SSSR count). The van der Waals surface area contributed by atoms with Crippen LogP contribution in [0, 0.1) is 0 Å². The van der Waals surface area contributed by atoms with Crippen molar-refractivity contribution in [1.82, 2.24) is 0 Å². The minimum absolute atomic E-state index is 0.0717. The SMILES string of the molecule is O=C(O)CC(O)(CC(=O)OC(=O)c1ccccc1C(=O)OC(=O)c1ccccc1)C(=O)O. The van der Waals surface area contributed by atoms with Crippen molar-refractivity contribution < 1.29 is 53.6 Å². The Labute approximate surface area is 179 Å². The number of carboxylic acids is 2. The summed E-state index contributed by atoms with van der Waals surface area (Å²) < 4.78 is 9.18. The fraction of sp³-hybridized carbons (Fsp3) is 0.143. The lowest BCUT2D eigenvalue weighted by molar-refractivity contribution is -0.170. The van der Waals surface area contributed by atoms with Crippen LogP contribution in [0.1, 0.15) is 43.9 Å². The number of ether oxygens (including phenoxy) is 2. The molecule has 2 aromatic carbocycles. The van der Waals surface area contributed by atoms with E-state index < -0.39 is 65.4 Å². The van der Waals surface area contributed by atoms with E-state index in [0.717, 1.165) is 12.1 Å². The molecule has 2 aromatic rings. The Kier molecular flexibility index (Phi) is 7.53. The van der Waals surface area contributed by atoms with Crippen molar-refractivity contribution in [2.24, 2.45) is 0 Å². The maximum absolute atomic E-state index is 12.4. The van der Waals surface area contributed by atoms with Crippen LogP contribution < -0.4 is 0 Å². The number of carboxylic acid groups (broad SMARTS) is 2. The Morgan fingerprint density at radius 1 is 0.688 bits per heavy atom. The number of carbonyl (C=O) groups excluding carboxylic acids is 4. The van der Waals surface area contributed by atoms with Gasteiger partial charge in [0.1, 0.15) is 0 Å². The largest absolute Gasteiger partial charge is 0.481 e. The molecular formula is C21H16O11. The molecule has 0 spiro atoms. The molecule has 0 fully saturated rings. The van der Waals surface area contributed by atoms with Crippen molar-refractivity contribution in [2.45, 2.75) is 18.4 Å². The fourth-order valence-corrected chi connectivity index (χ4v) is 2.51. The van der Waals surface area contributed by atoms with Gasteiger partial charge in [-0.3, -0.25) is 9.59 Å². The Morgan fingerprint density at radius 2 is 1.19 bits per heavy atom. The summed E-state index contributed by atoms with van der Waals surface area (Å²) in [5.41, 5.74) is -3.84. The van der Waals surface area contributed by atoms with Gasteiger partial charge in [-0.2, -0.15) is 0 Å². The molecule has 166 valence electrons. The van der Waals surface area contributed by atoms with Gasteiger partial charge in [-0.05, 0) is 24.3 Å². The van der Waals surface area contributed by atoms with Crippen molar-refractivity contribution in [3.05, 3.63) is 71.3 Å². The summed E-state index contributed by atoms with van der Waals surface area (Å²) in [6.07, 6.45) is -2.67. The normalized spacial score (nSPS) is 12.2. The molecular weight excluding hydrogens is 428 g/mol. The third-order valence-corrected chi connectivity index (χ3v) is 4.05. The van der Waals surface area contributed by atoms with E-state index in [1.807, 2.05) is 0 Å². The average molecular weight is 444 g/mol. The predicted octanol–water partition coefficient (Wildman–Crippen LogP) is 1.05. The first kappa shape index (κ1) is 23.9. The van der Waals surface area contributed by atoms with Crippen LogP contribution >= 0.6 is 0 Å². The number of rotatable bonds is 8. The van der Waals surface area contributed by atoms with E-state index in [1.54, 1.807) is 18.2 Å². The zero-order valence-electron chi connectivity index (χ0n) is 16.2. The van der Waals surface area contributed by atoms with Gasteiger partial charge in [0.05, 0.1) is 29.5 Å². The van der Waals surface area contributed by atoms with E-state index in [9.17, 15) is 33.9 Å². The Balaban J connectivity index is 2.15. The summed E-state index contributed by atoms with van der Waals surface area (Å²) in [4.78, 5) is 70.5. The van der Waals surface area contributed by atoms with Crippen LogP contribution in [-0.4, -0.2) is 56.7 Å². The lowest BCUT2D eigenvalue weighted by atomic mass is 9.96. The van der Waals surface area contributed by atoms with Gasteiger partial charge in [0.15, 0.2) is 5.60 Å². The lowest BCUT2D eigenvalue weighted by Gasteiger charge is -2.19. The number of hydrogen-bond donors (Lipinski definition) is 3. The third kappa shape index (κ3) is 6.06. The third-order valence-electron chi connectivity index (χ3n) is 4.05. The molecule has 0 bridgehead atoms. The molecule has 32 heavy (non-hydrogen) atoms. The molecule has 11 nitrogen and oxygen atoms in total. The minimum atomic E-state index is -3.01. The molecule has 0 radical (unpaired) electrons. The molecule has 1 unspecified atom stereocenters. The molecule has 0 heterocycles. The Bertz CT molecular complexity index is 1070. The van der Waals surface area contributed by atoms with E-state index in [0.29, 0.717) is 0 Å². The van der Waals surface area contributed by atoms with Crippen LogP contribution in [0.3, 0.4) is 0 Å². The monoisotopic (exact) mass is 444 g/mol. The highest BCUT2D eigenvalue weighted by Gasteiger charge is 2.42. The van der Waals surface area contributed by atoms with Gasteiger partial charge in [-0.25, -0.2) is 19.2 Å². The van der Waals surface area contributed by atoms with Gasteiger partial charge in [0, 0.05) is 0 Å². The molecule has 0 aliphatic heterocycles. The van der Waals surface area contributed by atoms with Crippen LogP contribution in [0.4, 0.5) is 0 Å². The second kappa shape index (κ2) is 10.1. The highest BCUT2D eigenvalue weighted by atomic mass is 16.6. The first-order valence-electron chi connectivity index (χ1n) is 8.86. The molecule has 0 aliphatic carbocycles. The molecule has 0 aromatic heterocycles. The van der Waals surface area contributed by atoms with Gasteiger partial charge < -0.3 is 24.8 Å². The standard InChI is InChI=1S/C21H16O11/c22-15(23)10-21(30,20(28)29)11-16(24)31-18(26)13-8-4-5-9-14(13)19(27)32-17(25)12-6-2-1-3-7-12/h1-9,30H,10-11H2,(H,22,23)(H,28,29). The summed E-state index contributed by atoms with van der Waals surface area (Å²) in [5.74, 6) is -8.87. The van der Waals surface area contributed by atoms with Gasteiger partial charge >= 0.3 is 35.8 Å². The van der Waals surface area contributed by atoms with Crippen molar-refractivity contribution in [1.29, 1.82) is 0 Å². The minimum Gasteiger partial charge on any atom is -0.481 e. The van der Waals surface area contributed by atoms with Gasteiger partial charge in [-0.1, -0.05) is 30.3 Å². The molecule has 0 saturated carbocycles. The Hall–Kier alpha value is -4.38. The van der Waals surface area contributed by atoms with Crippen LogP contribution in [-0.2, 0) is 23.9 Å². The maximum atomic E-state index is 12.4. The maximum Gasteiger partial charge on any atom is 0.346 e. The van der Waals surface area contributed by atoms with E-state index >= 15 is 0 Å². The van der Waals surface area contributed by atoms with E-state index in [1.165, 1.54) is 24.3 Å². The fourth-order valence-electron chi connectivity index (χ4n) is 2.51. The van der Waals surface area contributed by atoms with E-state index in [-0.39, 0.29) is 5.56 Å². The van der Waals surface area contributed by atoms with Crippen molar-refractivity contribution in [2.75, 3.05) is 0 Å². The van der Waals surface area contributed by atoms with Gasteiger partial charge in [0.25, 0.3) is 0 Å². The van der Waals surface area contributed by atoms with Crippen LogP contribution in [0.5, 0.6) is 0 Å². The molecule has 0 saturated heterocycles. The zero-order chi connectivity index (χ0) is 23.9. The van der Waals surface area contributed by atoms with Gasteiger partial charge in [-0.15, -0.1) is 0 Å². The van der Waals surface area contributed by atoms with E-state index in [4.69, 9.17) is 14.9 Å². The van der Waals surface area contributed by atoms with Crippen molar-refractivity contribution >= 4 is 35.8 Å². The summed E-state index contributed by atoms with van der Waals surface area (Å²) >= 11 is 0. The predicted molar refractivity (Wildman–Crippen MR) is 103 cm³/mol. The zero-order valence-corrected chi connectivity index (χ0v) is 16.2. The first-order valence-corrected chi connectivity index (χ1v) is 8.86. The second-order valence-electron chi connectivity index (χ2n) is 6.43. The van der Waals surface area contributed by atoms with Crippen LogP contribution in [0.25, 0.3) is 0 Å². The number of aliphatic hydroxyl groups is 1. The molecule has 0 amide bonds. The average Bonchev–Trinajstić information content (AvgIpc) is 2.73. The van der Waals surface area contributed by atoms with Crippen molar-refractivity contribution in [3.63, 3.8) is 0 Å². The number of hydrogen-bond acceptors (Lipinski definition) is 9. The summed E-state index contributed by atoms with van der Waals surface area (Å²) in [6.45, 7) is 0. The smallest absolute Gasteiger partial charge is 0.346 e. The number of esters is 4. The molecule has 3 N–H and O–H groups in total. The van der Waals surface area contributed by atoms with Gasteiger partial charge in [0.2, 0.25) is 0 Å². The topological polar surface area (TPSA) is 182 Å². The first-order chi connectivity index (χ1) is 15.0. The van der Waals surface area contributed by atoms with Crippen molar-refractivity contribution in [3.8, 4) is 0 Å². The summed E-state index contributed by atoms with van der Waals surface area (Å²) in [5, 5.41) is 27.5. The molecule has 1 atom stereocenters. The molecule has 0 aliphatic rings.